The molecule has 0 spiro atoms. The Labute approximate surface area is 206 Å². The zero-order valence-corrected chi connectivity index (χ0v) is 21.6. The van der Waals surface area contributed by atoms with Gasteiger partial charge in [-0.3, -0.25) is 0 Å². The SMILES string of the molecule is BrC1=Cc2ccccc2[CH]1[Zr+2][CH]1c2cc3c1cccc3sc1ccc2cc1.[Cl-].[Cl-]. The first kappa shape index (κ1) is 21.5. The maximum absolute atomic E-state index is 3.91. The Morgan fingerprint density at radius 3 is 2.34 bits per heavy atom. The summed E-state index contributed by atoms with van der Waals surface area (Å²) in [5.74, 6) is 0. The molecule has 2 aliphatic rings. The van der Waals surface area contributed by atoms with E-state index in [4.69, 9.17) is 0 Å². The van der Waals surface area contributed by atoms with Crippen molar-refractivity contribution in [3.05, 3.63) is 99.5 Å². The predicted octanol–water partition coefficient (Wildman–Crippen LogP) is 1.60. The van der Waals surface area contributed by atoms with Crippen LogP contribution in [0, 0.1) is 0 Å². The van der Waals surface area contributed by atoms with Gasteiger partial charge in [0.2, 0.25) is 0 Å². The minimum Gasteiger partial charge on any atom is -1.00 e. The Morgan fingerprint density at radius 1 is 0.759 bits per heavy atom. The summed E-state index contributed by atoms with van der Waals surface area (Å²) in [6.45, 7) is 0. The molecule has 0 fully saturated rings. The number of hydrogen-bond acceptors (Lipinski definition) is 1. The molecule has 3 aromatic carbocycles. The van der Waals surface area contributed by atoms with Gasteiger partial charge in [-0.2, -0.15) is 0 Å². The zero-order chi connectivity index (χ0) is 18.0. The van der Waals surface area contributed by atoms with Gasteiger partial charge in [0.25, 0.3) is 0 Å². The summed E-state index contributed by atoms with van der Waals surface area (Å²) in [5.41, 5.74) is 6.03. The summed E-state index contributed by atoms with van der Waals surface area (Å²) in [6.07, 6.45) is 2.34. The third kappa shape index (κ3) is 3.54. The second kappa shape index (κ2) is 8.44. The van der Waals surface area contributed by atoms with Crippen LogP contribution >= 0.6 is 27.3 Å². The molecule has 0 saturated carbocycles. The van der Waals surface area contributed by atoms with E-state index in [0.29, 0.717) is 7.25 Å². The summed E-state index contributed by atoms with van der Waals surface area (Å²) in [5, 5.41) is 2.87. The summed E-state index contributed by atoms with van der Waals surface area (Å²) < 4.78 is 5.32. The van der Waals surface area contributed by atoms with Gasteiger partial charge in [0.15, 0.2) is 0 Å². The fourth-order valence-electron chi connectivity index (χ4n) is 4.36. The second-order valence-electron chi connectivity index (χ2n) is 7.18. The average Bonchev–Trinajstić information content (AvgIpc) is 3.24. The number of fused-ring (bicyclic) bond motifs is 3. The molecule has 0 radical (unpaired) electrons. The standard InChI is InChI=1S/C15H9S.C9H6Br.2ClH.Zr/c1-2-11-8-12-9-14(11)15(3-1)16-13-6-4-10(12)5-7-13;10-9-5-7-3-1-2-4-8(7)6-9;;;/h1-9H;1-6H;2*1H;/q;;;;+2/p-2. The van der Waals surface area contributed by atoms with Crippen LogP contribution in [0.5, 0.6) is 0 Å². The molecule has 5 heteroatoms. The molecule has 0 N–H and O–H groups in total. The van der Waals surface area contributed by atoms with Gasteiger partial charge in [0, 0.05) is 0 Å². The van der Waals surface area contributed by atoms with Gasteiger partial charge < -0.3 is 24.8 Å². The normalized spacial score (nSPS) is 18.0. The van der Waals surface area contributed by atoms with Crippen molar-refractivity contribution in [2.24, 2.45) is 0 Å². The van der Waals surface area contributed by atoms with Crippen molar-refractivity contribution in [1.82, 2.24) is 0 Å². The molecule has 2 atom stereocenters. The molecule has 2 unspecified atom stereocenters. The van der Waals surface area contributed by atoms with Gasteiger partial charge in [-0.1, -0.05) is 0 Å². The maximum atomic E-state index is 3.91. The molecule has 0 amide bonds. The second-order valence-corrected chi connectivity index (χ2v) is 12.9. The molecule has 2 heterocycles. The van der Waals surface area contributed by atoms with Crippen molar-refractivity contribution in [3.63, 3.8) is 0 Å². The number of hydrogen-bond donors (Lipinski definition) is 0. The molecule has 29 heavy (non-hydrogen) atoms. The van der Waals surface area contributed by atoms with Gasteiger partial charge in [0.05, 0.1) is 0 Å². The van der Waals surface area contributed by atoms with E-state index in [1.165, 1.54) is 35.8 Å². The number of halogens is 3. The first-order valence-electron chi connectivity index (χ1n) is 9.13. The Kier molecular flexibility index (Phi) is 6.27. The van der Waals surface area contributed by atoms with E-state index in [1.54, 1.807) is 11.1 Å². The maximum Gasteiger partial charge on any atom is -1.00 e. The van der Waals surface area contributed by atoms with Crippen LogP contribution in [0.2, 0.25) is 0 Å². The number of rotatable bonds is 2. The van der Waals surface area contributed by atoms with Crippen molar-refractivity contribution >= 4 is 53.5 Å². The Morgan fingerprint density at radius 2 is 1.52 bits per heavy atom. The van der Waals surface area contributed by atoms with E-state index in [-0.39, 0.29) is 24.8 Å². The third-order valence-electron chi connectivity index (χ3n) is 5.65. The van der Waals surface area contributed by atoms with Crippen LogP contribution in [0.1, 0.15) is 29.5 Å². The van der Waals surface area contributed by atoms with Crippen LogP contribution in [-0.4, -0.2) is 0 Å². The van der Waals surface area contributed by atoms with E-state index in [0.717, 1.165) is 0 Å². The van der Waals surface area contributed by atoms with Crippen LogP contribution in [0.25, 0.3) is 26.2 Å². The molecule has 0 saturated heterocycles. The van der Waals surface area contributed by atoms with Crippen molar-refractivity contribution in [2.45, 2.75) is 7.25 Å². The van der Waals surface area contributed by atoms with E-state index in [2.05, 4.69) is 94.8 Å². The monoisotopic (exact) mass is 574 g/mol. The third-order valence-corrected chi connectivity index (χ3v) is 13.2. The molecular weight excluding hydrogens is 562 g/mol. The summed E-state index contributed by atoms with van der Waals surface area (Å²) >= 11 is 4.98. The molecule has 142 valence electrons. The van der Waals surface area contributed by atoms with Gasteiger partial charge in [-0.25, -0.2) is 0 Å². The summed E-state index contributed by atoms with van der Waals surface area (Å²) in [6, 6.07) is 27.5. The van der Waals surface area contributed by atoms with Crippen LogP contribution in [0.4, 0.5) is 0 Å². The van der Waals surface area contributed by atoms with Crippen LogP contribution in [0.3, 0.4) is 0 Å². The van der Waals surface area contributed by atoms with Crippen LogP contribution < -0.4 is 24.8 Å². The molecule has 2 aliphatic carbocycles. The van der Waals surface area contributed by atoms with E-state index in [1.807, 2.05) is 11.3 Å². The Balaban J connectivity index is 0.00000102. The fraction of sp³-hybridized carbons (Fsp3) is 0.0833. The van der Waals surface area contributed by atoms with Crippen LogP contribution in [-0.2, 0) is 23.2 Å². The van der Waals surface area contributed by atoms with Crippen LogP contribution in [0.15, 0.2) is 77.3 Å². The topological polar surface area (TPSA) is 0 Å². The number of benzene rings is 3. The molecule has 7 rings (SSSR count). The van der Waals surface area contributed by atoms with Crippen molar-refractivity contribution in [1.29, 1.82) is 0 Å². The summed E-state index contributed by atoms with van der Waals surface area (Å²) in [4.78, 5) is 0. The first-order valence-corrected chi connectivity index (χ1v) is 13.6. The molecule has 2 aromatic heterocycles. The quantitative estimate of drug-likeness (QED) is 0.340. The smallest absolute Gasteiger partial charge is 1.00 e. The van der Waals surface area contributed by atoms with Gasteiger partial charge >= 0.3 is 184 Å². The summed E-state index contributed by atoms with van der Waals surface area (Å²) in [7, 11) is 0. The first-order chi connectivity index (χ1) is 13.3. The van der Waals surface area contributed by atoms with E-state index in [9.17, 15) is 0 Å². The van der Waals surface area contributed by atoms with Gasteiger partial charge in [-0.05, 0) is 0 Å². The predicted molar refractivity (Wildman–Crippen MR) is 116 cm³/mol. The molecular formula is C24H15BrCl2SZr. The molecule has 4 bridgehead atoms. The van der Waals surface area contributed by atoms with E-state index >= 15 is 0 Å². The largest absolute Gasteiger partial charge is 1.00 e. The zero-order valence-electron chi connectivity index (χ0n) is 15.2. The Hall–Kier alpha value is -0.697. The van der Waals surface area contributed by atoms with Gasteiger partial charge in [-0.15, -0.1) is 0 Å². The van der Waals surface area contributed by atoms with Crippen molar-refractivity contribution < 1.29 is 48.0 Å². The molecule has 5 aromatic rings. The minimum absolute atomic E-state index is 0. The molecule has 0 nitrogen and oxygen atoms in total. The fourth-order valence-corrected chi connectivity index (χ4v) is 11.2. The number of allylic oxidation sites excluding steroid dienone is 1. The van der Waals surface area contributed by atoms with Crippen molar-refractivity contribution in [3.8, 4) is 0 Å². The average molecular weight is 577 g/mol. The minimum atomic E-state index is -0.834. The van der Waals surface area contributed by atoms with E-state index < -0.39 is 23.2 Å². The molecule has 0 aliphatic heterocycles. The van der Waals surface area contributed by atoms with Crippen molar-refractivity contribution in [2.75, 3.05) is 0 Å². The van der Waals surface area contributed by atoms with Gasteiger partial charge in [0.1, 0.15) is 0 Å². The Bertz CT molecular complexity index is 1270.